The lowest BCUT2D eigenvalue weighted by Gasteiger charge is -2.11. The average molecular weight is 186 g/mol. The van der Waals surface area contributed by atoms with E-state index in [2.05, 4.69) is 12.2 Å². The average Bonchev–Trinajstić information content (AvgIpc) is 2.01. The molecule has 0 aromatic rings. The fourth-order valence-corrected chi connectivity index (χ4v) is 1.41. The third-order valence-electron chi connectivity index (χ3n) is 1.22. The molecule has 1 unspecified atom stereocenters. The van der Waals surface area contributed by atoms with E-state index in [-0.39, 0.29) is 18.4 Å². The molecule has 0 spiro atoms. The highest BCUT2D eigenvalue weighted by Gasteiger charge is 2.05. The first-order valence-electron chi connectivity index (χ1n) is 3.94. The number of nitrogens with zero attached hydrogens (tertiary/aromatic N) is 1. The Hall–Kier alpha value is -0.690. The first-order chi connectivity index (χ1) is 5.70. The Bertz CT molecular complexity index is 176. The molecule has 0 aromatic carbocycles. The second kappa shape index (κ2) is 6.99. The van der Waals surface area contributed by atoms with E-state index in [1.165, 1.54) is 0 Å². The summed E-state index contributed by atoms with van der Waals surface area (Å²) in [5, 5.41) is 10.9. The van der Waals surface area contributed by atoms with Gasteiger partial charge in [0.15, 0.2) is 0 Å². The zero-order chi connectivity index (χ0) is 9.40. The molecule has 0 saturated heterocycles. The van der Waals surface area contributed by atoms with Crippen molar-refractivity contribution < 1.29 is 4.79 Å². The van der Waals surface area contributed by atoms with Crippen LogP contribution in [0.1, 0.15) is 20.3 Å². The van der Waals surface area contributed by atoms with Crippen LogP contribution in [0, 0.1) is 11.3 Å². The van der Waals surface area contributed by atoms with Crippen molar-refractivity contribution >= 4 is 17.7 Å². The smallest absolute Gasteiger partial charge is 0.234 e. The lowest BCUT2D eigenvalue weighted by molar-refractivity contribution is -0.120. The summed E-state index contributed by atoms with van der Waals surface area (Å²) in [4.78, 5) is 10.9. The molecule has 0 aliphatic rings. The van der Waals surface area contributed by atoms with E-state index in [0.717, 1.165) is 11.5 Å². The van der Waals surface area contributed by atoms with E-state index < -0.39 is 0 Å². The topological polar surface area (TPSA) is 52.9 Å². The van der Waals surface area contributed by atoms with Crippen molar-refractivity contribution in [1.29, 1.82) is 5.26 Å². The van der Waals surface area contributed by atoms with Crippen LogP contribution in [0.2, 0.25) is 0 Å². The molecule has 0 aliphatic carbocycles. The van der Waals surface area contributed by atoms with Crippen molar-refractivity contribution in [3.05, 3.63) is 0 Å². The van der Waals surface area contributed by atoms with Gasteiger partial charge in [0.05, 0.1) is 6.07 Å². The van der Waals surface area contributed by atoms with Crippen LogP contribution in [-0.4, -0.2) is 23.5 Å². The lowest BCUT2D eigenvalue weighted by atomic mass is 10.3. The molecule has 0 saturated carbocycles. The van der Waals surface area contributed by atoms with Gasteiger partial charge in [0.25, 0.3) is 0 Å². The Labute approximate surface area is 77.5 Å². The van der Waals surface area contributed by atoms with Gasteiger partial charge in [0.2, 0.25) is 5.91 Å². The molecule has 0 aromatic heterocycles. The maximum absolute atomic E-state index is 10.9. The van der Waals surface area contributed by atoms with Crippen LogP contribution in [0.25, 0.3) is 0 Å². The molecule has 0 bridgehead atoms. The highest BCUT2D eigenvalue weighted by Crippen LogP contribution is 2.00. The number of rotatable bonds is 5. The van der Waals surface area contributed by atoms with Crippen LogP contribution >= 0.6 is 11.8 Å². The van der Waals surface area contributed by atoms with Crippen molar-refractivity contribution in [2.24, 2.45) is 0 Å². The van der Waals surface area contributed by atoms with Crippen molar-refractivity contribution in [2.45, 2.75) is 26.3 Å². The first kappa shape index (κ1) is 11.3. The Kier molecular flexibility index (Phi) is 6.58. The van der Waals surface area contributed by atoms with Gasteiger partial charge in [-0.3, -0.25) is 4.79 Å². The summed E-state index contributed by atoms with van der Waals surface area (Å²) in [5.74, 6) is 1.79. The van der Waals surface area contributed by atoms with Crippen LogP contribution in [0.5, 0.6) is 0 Å². The summed E-state index contributed by atoms with van der Waals surface area (Å²) in [6, 6.07) is 1.97. The Morgan fingerprint density at radius 2 is 2.42 bits per heavy atom. The molecule has 0 fully saturated rings. The van der Waals surface area contributed by atoms with Gasteiger partial charge in [-0.1, -0.05) is 6.92 Å². The molecular formula is C8H14N2OS. The summed E-state index contributed by atoms with van der Waals surface area (Å²) in [7, 11) is 0. The maximum atomic E-state index is 10.9. The van der Waals surface area contributed by atoms with Crippen LogP contribution < -0.4 is 5.32 Å². The van der Waals surface area contributed by atoms with Crippen molar-refractivity contribution in [3.63, 3.8) is 0 Å². The van der Waals surface area contributed by atoms with Gasteiger partial charge in [-0.2, -0.15) is 17.0 Å². The van der Waals surface area contributed by atoms with E-state index in [1.54, 1.807) is 11.8 Å². The highest BCUT2D eigenvalue weighted by atomic mass is 32.2. The fourth-order valence-electron chi connectivity index (χ4n) is 0.734. The molecule has 0 rings (SSSR count). The van der Waals surface area contributed by atoms with Crippen LogP contribution in [0.15, 0.2) is 0 Å². The van der Waals surface area contributed by atoms with Crippen LogP contribution in [-0.2, 0) is 4.79 Å². The van der Waals surface area contributed by atoms with E-state index in [9.17, 15) is 4.79 Å². The summed E-state index contributed by atoms with van der Waals surface area (Å²) in [6.45, 7) is 4.02. The molecule has 12 heavy (non-hydrogen) atoms. The Morgan fingerprint density at radius 3 is 2.92 bits per heavy atom. The molecule has 1 amide bonds. The van der Waals surface area contributed by atoms with Gasteiger partial charge in [-0.15, -0.1) is 0 Å². The molecule has 1 N–H and O–H groups in total. The van der Waals surface area contributed by atoms with Gasteiger partial charge >= 0.3 is 0 Å². The van der Waals surface area contributed by atoms with E-state index in [0.29, 0.717) is 0 Å². The Balaban J connectivity index is 3.48. The van der Waals surface area contributed by atoms with Crippen LogP contribution in [0.4, 0.5) is 0 Å². The summed E-state index contributed by atoms with van der Waals surface area (Å²) in [6.07, 6.45) is -0.0405. The lowest BCUT2D eigenvalue weighted by Crippen LogP contribution is -2.33. The van der Waals surface area contributed by atoms with Gasteiger partial charge < -0.3 is 5.32 Å². The number of hydrogen-bond donors (Lipinski definition) is 1. The molecule has 1 atom stereocenters. The fraction of sp³-hybridized carbons (Fsp3) is 0.750. The highest BCUT2D eigenvalue weighted by molar-refractivity contribution is 7.99. The molecule has 0 heterocycles. The minimum atomic E-state index is -0.179. The quantitative estimate of drug-likeness (QED) is 0.701. The number of thioether (sulfide) groups is 1. The van der Waals surface area contributed by atoms with E-state index in [4.69, 9.17) is 5.26 Å². The number of hydrogen-bond acceptors (Lipinski definition) is 3. The zero-order valence-corrected chi connectivity index (χ0v) is 8.28. The van der Waals surface area contributed by atoms with Gasteiger partial charge in [0, 0.05) is 11.8 Å². The SMILES string of the molecule is CCSCC(C)NC(=O)CC#N. The third kappa shape index (κ3) is 6.05. The minimum absolute atomic E-state index is 0.0405. The summed E-state index contributed by atoms with van der Waals surface area (Å²) >= 11 is 1.78. The molecule has 3 nitrogen and oxygen atoms in total. The number of carbonyl (C=O) groups excluding carboxylic acids is 1. The van der Waals surface area contributed by atoms with Gasteiger partial charge in [-0.05, 0) is 12.7 Å². The number of amides is 1. The van der Waals surface area contributed by atoms with E-state index in [1.807, 2.05) is 13.0 Å². The number of nitriles is 1. The molecule has 68 valence electrons. The predicted octanol–water partition coefficient (Wildman–Crippen LogP) is 1.16. The van der Waals surface area contributed by atoms with E-state index >= 15 is 0 Å². The second-order valence-electron chi connectivity index (χ2n) is 2.46. The van der Waals surface area contributed by atoms with Crippen molar-refractivity contribution in [2.75, 3.05) is 11.5 Å². The van der Waals surface area contributed by atoms with Crippen LogP contribution in [0.3, 0.4) is 0 Å². The zero-order valence-electron chi connectivity index (χ0n) is 7.46. The Morgan fingerprint density at radius 1 is 1.75 bits per heavy atom. The largest absolute Gasteiger partial charge is 0.352 e. The third-order valence-corrected chi connectivity index (χ3v) is 2.36. The van der Waals surface area contributed by atoms with Crippen molar-refractivity contribution in [3.8, 4) is 6.07 Å². The second-order valence-corrected chi connectivity index (χ2v) is 3.78. The predicted molar refractivity (Wildman–Crippen MR) is 50.8 cm³/mol. The minimum Gasteiger partial charge on any atom is -0.352 e. The van der Waals surface area contributed by atoms with Crippen molar-refractivity contribution in [1.82, 2.24) is 5.32 Å². The normalized spacial score (nSPS) is 11.8. The number of nitrogens with one attached hydrogen (secondary N) is 1. The maximum Gasteiger partial charge on any atom is 0.234 e. The summed E-state index contributed by atoms with van der Waals surface area (Å²) in [5.41, 5.74) is 0. The molecule has 0 radical (unpaired) electrons. The monoisotopic (exact) mass is 186 g/mol. The van der Waals surface area contributed by atoms with Gasteiger partial charge in [-0.25, -0.2) is 0 Å². The number of carbonyl (C=O) groups is 1. The molecular weight excluding hydrogens is 172 g/mol. The summed E-state index contributed by atoms with van der Waals surface area (Å²) < 4.78 is 0. The molecule has 4 heteroatoms. The van der Waals surface area contributed by atoms with Gasteiger partial charge in [0.1, 0.15) is 6.42 Å². The standard InChI is InChI=1S/C8H14N2OS/c1-3-12-6-7(2)10-8(11)4-5-9/h7H,3-4,6H2,1-2H3,(H,10,11). The first-order valence-corrected chi connectivity index (χ1v) is 5.10. The molecule has 0 aliphatic heterocycles.